The number of ether oxygens (including phenoxy) is 3. The first-order valence-electron chi connectivity index (χ1n) is 7.16. The summed E-state index contributed by atoms with van der Waals surface area (Å²) in [6.45, 7) is -2.02. The Morgan fingerprint density at radius 2 is 0.969 bits per heavy atom. The Labute approximate surface area is 166 Å². The Bertz CT molecular complexity index is 692. The van der Waals surface area contributed by atoms with Crippen molar-refractivity contribution in [2.24, 2.45) is 0 Å². The summed E-state index contributed by atoms with van der Waals surface area (Å²) in [7, 11) is 0. The van der Waals surface area contributed by atoms with Gasteiger partial charge < -0.3 is 14.2 Å². The van der Waals surface area contributed by atoms with Crippen LogP contribution in [0.1, 0.15) is 0 Å². The first kappa shape index (κ1) is 29.2. The molecule has 6 nitrogen and oxygen atoms in total. The zero-order valence-corrected chi connectivity index (χ0v) is 14.6. The number of alkyl halides is 13. The van der Waals surface area contributed by atoms with Gasteiger partial charge in [-0.1, -0.05) is 6.58 Å². The molecule has 0 spiro atoms. The van der Waals surface area contributed by atoms with E-state index in [0.717, 1.165) is 0 Å². The molecule has 0 radical (unpaired) electrons. The summed E-state index contributed by atoms with van der Waals surface area (Å²) in [4.78, 5) is 32.9. The van der Waals surface area contributed by atoms with Crippen LogP contribution in [0.5, 0.6) is 0 Å². The summed E-state index contributed by atoms with van der Waals surface area (Å²) < 4.78 is 171. The molecule has 0 aliphatic heterocycles. The van der Waals surface area contributed by atoms with Crippen LogP contribution in [0.4, 0.5) is 57.1 Å². The molecule has 32 heavy (non-hydrogen) atoms. The highest BCUT2D eigenvalue weighted by atomic mass is 19.4. The number of carbonyl (C=O) groups is 3. The lowest BCUT2D eigenvalue weighted by atomic mass is 10.3. The van der Waals surface area contributed by atoms with Gasteiger partial charge in [0.25, 0.3) is 0 Å². The average Bonchev–Trinajstić information content (AvgIpc) is 2.59. The molecule has 19 heteroatoms. The maximum absolute atomic E-state index is 12.7. The molecule has 0 fully saturated rings. The van der Waals surface area contributed by atoms with E-state index in [1.165, 1.54) is 0 Å². The molecule has 0 aliphatic rings. The zero-order valence-electron chi connectivity index (χ0n) is 14.6. The third-order valence-corrected chi connectivity index (χ3v) is 2.89. The van der Waals surface area contributed by atoms with E-state index in [9.17, 15) is 71.5 Å². The highest BCUT2D eigenvalue weighted by Crippen LogP contribution is 2.37. The first-order valence-corrected chi connectivity index (χ1v) is 7.16. The predicted molar refractivity (Wildman–Crippen MR) is 69.0 cm³/mol. The van der Waals surface area contributed by atoms with Crippen LogP contribution < -0.4 is 0 Å². The van der Waals surface area contributed by atoms with Crippen molar-refractivity contribution >= 4 is 17.9 Å². The fourth-order valence-electron chi connectivity index (χ4n) is 1.20. The normalized spacial score (nSPS) is 13.6. The van der Waals surface area contributed by atoms with Gasteiger partial charge in [-0.2, -0.15) is 57.1 Å². The second kappa shape index (κ2) is 9.39. The van der Waals surface area contributed by atoms with Crippen molar-refractivity contribution in [2.45, 2.75) is 36.5 Å². The second-order valence-electron chi connectivity index (χ2n) is 5.34. The lowest BCUT2D eigenvalue weighted by Crippen LogP contribution is -2.47. The summed E-state index contributed by atoms with van der Waals surface area (Å²) in [6, 6.07) is 0. The van der Waals surface area contributed by atoms with Gasteiger partial charge in [0.15, 0.2) is 6.10 Å². The number of rotatable bonds is 8. The van der Waals surface area contributed by atoms with Crippen molar-refractivity contribution in [1.82, 2.24) is 0 Å². The van der Waals surface area contributed by atoms with Gasteiger partial charge in [-0.15, -0.1) is 0 Å². The van der Waals surface area contributed by atoms with Crippen LogP contribution in [0.15, 0.2) is 12.2 Å². The summed E-state index contributed by atoms with van der Waals surface area (Å²) >= 11 is 0. The molecular weight excluding hydrogens is 499 g/mol. The van der Waals surface area contributed by atoms with Crippen LogP contribution >= 0.6 is 0 Å². The van der Waals surface area contributed by atoms with E-state index in [4.69, 9.17) is 0 Å². The molecule has 186 valence electrons. The van der Waals surface area contributed by atoms with Gasteiger partial charge in [0.1, 0.15) is 18.8 Å². The predicted octanol–water partition coefficient (Wildman–Crippen LogP) is 3.50. The van der Waals surface area contributed by atoms with Crippen molar-refractivity contribution in [1.29, 1.82) is 0 Å². The molecule has 0 aliphatic carbocycles. The quantitative estimate of drug-likeness (QED) is 0.217. The summed E-state index contributed by atoms with van der Waals surface area (Å²) in [5.41, 5.74) is -2.37. The van der Waals surface area contributed by atoms with E-state index >= 15 is 0 Å². The minimum absolute atomic E-state index is 2.09. The highest BCUT2D eigenvalue weighted by molar-refractivity contribution is 5.89. The maximum atomic E-state index is 12.7. The molecule has 0 saturated heterocycles. The number of halogens is 13. The maximum Gasteiger partial charge on any atom is 0.465 e. The lowest BCUT2D eigenvalue weighted by Gasteiger charge is -2.23. The minimum Gasteiger partial charge on any atom is -0.457 e. The fraction of sp³-hybridized carbons (Fsp3) is 0.615. The number of hydrogen-bond donors (Lipinski definition) is 0. The molecular formula is C13H7F13O6. The van der Waals surface area contributed by atoms with Gasteiger partial charge in [-0.05, 0) is 0 Å². The van der Waals surface area contributed by atoms with Gasteiger partial charge in [0.2, 0.25) is 0 Å². The Morgan fingerprint density at radius 3 is 1.22 bits per heavy atom. The van der Waals surface area contributed by atoms with Gasteiger partial charge in [0.05, 0.1) is 0 Å². The molecule has 0 N–H and O–H groups in total. The first-order chi connectivity index (χ1) is 14.0. The standard InChI is InChI=1S/C13H7F13O6/c1-4(11(18,19)20)6(27)32-5(2-30-7(28)9(14,15)12(21,22)23)3-31-8(29)10(16,17)13(24,25)26/h5H,1-3H2. The fourth-order valence-corrected chi connectivity index (χ4v) is 1.20. The highest BCUT2D eigenvalue weighted by Gasteiger charge is 2.66. The Hall–Kier alpha value is -2.76. The van der Waals surface area contributed by atoms with Crippen molar-refractivity contribution < 1.29 is 85.7 Å². The molecule has 0 aromatic carbocycles. The number of hydrogen-bond acceptors (Lipinski definition) is 6. The van der Waals surface area contributed by atoms with Gasteiger partial charge >= 0.3 is 48.3 Å². The average molecular weight is 506 g/mol. The monoisotopic (exact) mass is 506 g/mol. The smallest absolute Gasteiger partial charge is 0.457 e. The summed E-state index contributed by atoms with van der Waals surface area (Å²) in [5, 5.41) is 0. The van der Waals surface area contributed by atoms with Crippen LogP contribution in [-0.2, 0) is 28.6 Å². The topological polar surface area (TPSA) is 78.9 Å². The molecule has 0 heterocycles. The van der Waals surface area contributed by atoms with E-state index < -0.39 is 73.2 Å². The van der Waals surface area contributed by atoms with Crippen LogP contribution in [-0.4, -0.2) is 67.6 Å². The molecule has 0 bridgehead atoms. The van der Waals surface area contributed by atoms with Gasteiger partial charge in [-0.3, -0.25) is 0 Å². The molecule has 0 amide bonds. The third-order valence-electron chi connectivity index (χ3n) is 2.89. The van der Waals surface area contributed by atoms with Crippen LogP contribution in [0.2, 0.25) is 0 Å². The van der Waals surface area contributed by atoms with E-state index in [1.807, 2.05) is 0 Å². The Balaban J connectivity index is 5.51. The summed E-state index contributed by atoms with van der Waals surface area (Å²) in [6.07, 6.45) is -21.5. The van der Waals surface area contributed by atoms with Crippen LogP contribution in [0, 0.1) is 0 Å². The van der Waals surface area contributed by atoms with Crippen LogP contribution in [0.25, 0.3) is 0 Å². The molecule has 0 saturated carbocycles. The molecule has 0 aromatic heterocycles. The van der Waals surface area contributed by atoms with E-state index in [1.54, 1.807) is 0 Å². The number of carbonyl (C=O) groups excluding carboxylic acids is 3. The molecule has 0 atom stereocenters. The SMILES string of the molecule is C=C(C(=O)OC(COC(=O)C(F)(F)C(F)(F)F)COC(=O)C(F)(F)C(F)(F)F)C(F)(F)F. The Morgan fingerprint density at radius 1 is 0.656 bits per heavy atom. The third kappa shape index (κ3) is 7.14. The lowest BCUT2D eigenvalue weighted by molar-refractivity contribution is -0.282. The van der Waals surface area contributed by atoms with Crippen molar-refractivity contribution in [2.75, 3.05) is 13.2 Å². The molecule has 0 rings (SSSR count). The largest absolute Gasteiger partial charge is 0.465 e. The van der Waals surface area contributed by atoms with E-state index in [-0.39, 0.29) is 0 Å². The van der Waals surface area contributed by atoms with Crippen LogP contribution in [0.3, 0.4) is 0 Å². The van der Waals surface area contributed by atoms with Crippen molar-refractivity contribution in [3.05, 3.63) is 12.2 Å². The van der Waals surface area contributed by atoms with E-state index in [0.29, 0.717) is 0 Å². The van der Waals surface area contributed by atoms with E-state index in [2.05, 4.69) is 20.8 Å². The second-order valence-corrected chi connectivity index (χ2v) is 5.34. The number of esters is 3. The van der Waals surface area contributed by atoms with Crippen molar-refractivity contribution in [3.8, 4) is 0 Å². The molecule has 0 aromatic rings. The Kier molecular flexibility index (Phi) is 8.58. The van der Waals surface area contributed by atoms with Gasteiger partial charge in [0, 0.05) is 0 Å². The minimum atomic E-state index is -6.54. The zero-order chi connectivity index (χ0) is 25.9. The van der Waals surface area contributed by atoms with Gasteiger partial charge in [-0.25, -0.2) is 14.4 Å². The summed E-state index contributed by atoms with van der Waals surface area (Å²) in [5.74, 6) is -21.8. The van der Waals surface area contributed by atoms with Crippen molar-refractivity contribution in [3.63, 3.8) is 0 Å². The molecule has 0 unspecified atom stereocenters.